The van der Waals surface area contributed by atoms with Crippen molar-refractivity contribution in [3.05, 3.63) is 36.5 Å². The molecule has 560 valence electrons. The van der Waals surface area contributed by atoms with Crippen molar-refractivity contribution >= 4 is 17.9 Å². The first-order valence-corrected chi connectivity index (χ1v) is 42.2. The van der Waals surface area contributed by atoms with E-state index in [0.717, 1.165) is 44.9 Å². The first-order chi connectivity index (χ1) is 46.6. The molecule has 9 heteroatoms. The number of carboxylic acid groups (broad SMARTS) is 1. The Labute approximate surface area is 591 Å². The second-order valence-electron chi connectivity index (χ2n) is 30.1. The standard InChI is InChI=1S/C86H163NO8/c1-6-8-10-12-14-16-18-20-22-24-26-28-30-32-34-36-38-39-40-41-42-43-44-45-47-48-50-52-54-56-58-60-62-64-66-68-70-72-74-76-83(88)93-80-82(81-94-86(85(90)91)92-79-78-87(3,4)5)95-84(89)77-75-73-71-69-67-65-63-61-59-57-55-53-51-49-46-37-35-33-31-29-27-25-23-21-19-17-15-13-11-9-7-2/h19,21,24-27,82,86H,6-18,20,22-23,28-81H2,1-5H3/p+1/b21-19-,26-24-,27-25-. The highest BCUT2D eigenvalue weighted by atomic mass is 16.7. The zero-order valence-corrected chi connectivity index (χ0v) is 64.4. The van der Waals surface area contributed by atoms with Gasteiger partial charge in [0.15, 0.2) is 6.10 Å². The monoisotopic (exact) mass is 1340 g/mol. The Hall–Kier alpha value is -2.49. The number of esters is 2. The SMILES string of the molecule is CCCCCCC/C=C\C/C=C\CCCCCCCCCCCCCCCCCCCCCC(=O)OC(COC(=O)CCCCCCCCCCCCCCCCCCCCCCCCCCCCC/C=C\CCCCCCCCCC)COC(OCC[N+](C)(C)C)C(=O)O. The molecule has 2 atom stereocenters. The average Bonchev–Trinajstić information content (AvgIpc) is 3.24. The molecular weight excluding hydrogens is 1170 g/mol. The molecule has 2 unspecified atom stereocenters. The molecule has 0 aromatic rings. The van der Waals surface area contributed by atoms with Crippen molar-refractivity contribution < 1.29 is 42.9 Å². The van der Waals surface area contributed by atoms with Gasteiger partial charge >= 0.3 is 17.9 Å². The van der Waals surface area contributed by atoms with Crippen LogP contribution in [0.5, 0.6) is 0 Å². The summed E-state index contributed by atoms with van der Waals surface area (Å²) >= 11 is 0. The van der Waals surface area contributed by atoms with Crippen molar-refractivity contribution in [3.8, 4) is 0 Å². The molecule has 0 aliphatic rings. The number of carboxylic acids is 1. The summed E-state index contributed by atoms with van der Waals surface area (Å²) < 4.78 is 23.1. The molecule has 0 aliphatic heterocycles. The van der Waals surface area contributed by atoms with Crippen molar-refractivity contribution in [2.75, 3.05) is 47.5 Å². The Bertz CT molecular complexity index is 1650. The Morgan fingerprint density at radius 2 is 0.568 bits per heavy atom. The fourth-order valence-electron chi connectivity index (χ4n) is 12.9. The van der Waals surface area contributed by atoms with Crippen molar-refractivity contribution in [3.63, 3.8) is 0 Å². The van der Waals surface area contributed by atoms with Gasteiger partial charge in [0, 0.05) is 12.8 Å². The third kappa shape index (κ3) is 78.7. The van der Waals surface area contributed by atoms with Gasteiger partial charge < -0.3 is 28.5 Å². The van der Waals surface area contributed by atoms with Crippen molar-refractivity contribution in [2.24, 2.45) is 0 Å². The second-order valence-corrected chi connectivity index (χ2v) is 30.1. The molecule has 1 N–H and O–H groups in total. The Kier molecular flexibility index (Phi) is 75.2. The molecule has 0 saturated carbocycles. The summed E-state index contributed by atoms with van der Waals surface area (Å²) in [5.41, 5.74) is 0. The molecule has 9 nitrogen and oxygen atoms in total. The summed E-state index contributed by atoms with van der Waals surface area (Å²) in [4.78, 5) is 37.8. The van der Waals surface area contributed by atoms with Gasteiger partial charge in [0.05, 0.1) is 34.4 Å². The molecule has 0 spiro atoms. The van der Waals surface area contributed by atoms with Gasteiger partial charge in [0.1, 0.15) is 13.2 Å². The Balaban J connectivity index is 3.92. The number of unbranched alkanes of at least 4 members (excludes halogenated alkanes) is 59. The maximum atomic E-state index is 13.0. The van der Waals surface area contributed by atoms with Crippen LogP contribution in [-0.4, -0.2) is 87.4 Å². The molecule has 0 fully saturated rings. The number of carbonyl (C=O) groups is 3. The van der Waals surface area contributed by atoms with Crippen LogP contribution >= 0.6 is 0 Å². The third-order valence-corrected chi connectivity index (χ3v) is 19.4. The predicted molar refractivity (Wildman–Crippen MR) is 411 cm³/mol. The number of likely N-dealkylation sites (N-methyl/N-ethyl adjacent to an activating group) is 1. The van der Waals surface area contributed by atoms with Gasteiger partial charge in [0.2, 0.25) is 0 Å². The van der Waals surface area contributed by atoms with E-state index in [1.165, 1.54) is 366 Å². The first-order valence-electron chi connectivity index (χ1n) is 42.2. The number of ether oxygens (including phenoxy) is 4. The number of quaternary nitrogens is 1. The van der Waals surface area contributed by atoms with E-state index in [2.05, 4.69) is 50.3 Å². The number of carbonyl (C=O) groups excluding carboxylic acids is 2. The summed E-state index contributed by atoms with van der Waals surface area (Å²) in [5, 5.41) is 9.78. The van der Waals surface area contributed by atoms with E-state index >= 15 is 0 Å². The van der Waals surface area contributed by atoms with Gasteiger partial charge in [-0.05, 0) is 70.6 Å². The van der Waals surface area contributed by atoms with E-state index in [9.17, 15) is 19.5 Å². The zero-order chi connectivity index (χ0) is 69.0. The van der Waals surface area contributed by atoms with Crippen LogP contribution in [0.4, 0.5) is 0 Å². The number of allylic oxidation sites excluding steroid dienone is 6. The molecule has 0 aliphatic carbocycles. The minimum absolute atomic E-state index is 0.175. The lowest BCUT2D eigenvalue weighted by atomic mass is 10.0. The van der Waals surface area contributed by atoms with E-state index < -0.39 is 18.4 Å². The van der Waals surface area contributed by atoms with Crippen LogP contribution in [-0.2, 0) is 33.3 Å². The molecule has 0 amide bonds. The smallest absolute Gasteiger partial charge is 0.361 e. The van der Waals surface area contributed by atoms with E-state index in [1.54, 1.807) is 0 Å². The van der Waals surface area contributed by atoms with Crippen molar-refractivity contribution in [2.45, 2.75) is 450 Å². The number of rotatable bonds is 80. The predicted octanol–water partition coefficient (Wildman–Crippen LogP) is 27.0. The summed E-state index contributed by atoms with van der Waals surface area (Å²) in [6.45, 7) is 4.95. The number of hydrogen-bond donors (Lipinski definition) is 1. The van der Waals surface area contributed by atoms with E-state index in [1.807, 2.05) is 21.1 Å². The fraction of sp³-hybridized carbons (Fsp3) is 0.895. The Morgan fingerprint density at radius 3 is 0.842 bits per heavy atom. The van der Waals surface area contributed by atoms with Gasteiger partial charge in [-0.15, -0.1) is 0 Å². The zero-order valence-electron chi connectivity index (χ0n) is 64.4. The maximum Gasteiger partial charge on any atom is 0.361 e. The highest BCUT2D eigenvalue weighted by molar-refractivity contribution is 5.71. The molecule has 0 heterocycles. The van der Waals surface area contributed by atoms with Crippen LogP contribution in [0.15, 0.2) is 36.5 Å². The van der Waals surface area contributed by atoms with Crippen LogP contribution in [0, 0.1) is 0 Å². The van der Waals surface area contributed by atoms with Gasteiger partial charge in [-0.2, -0.15) is 0 Å². The fourth-order valence-corrected chi connectivity index (χ4v) is 12.9. The normalized spacial score (nSPS) is 12.7. The van der Waals surface area contributed by atoms with Gasteiger partial charge in [-0.3, -0.25) is 9.59 Å². The van der Waals surface area contributed by atoms with Crippen molar-refractivity contribution in [1.82, 2.24) is 0 Å². The largest absolute Gasteiger partial charge is 0.477 e. The molecule has 0 aromatic heterocycles. The van der Waals surface area contributed by atoms with Crippen LogP contribution in [0.25, 0.3) is 0 Å². The summed E-state index contributed by atoms with van der Waals surface area (Å²) in [5.74, 6) is -1.97. The summed E-state index contributed by atoms with van der Waals surface area (Å²) in [7, 11) is 6.00. The highest BCUT2D eigenvalue weighted by Gasteiger charge is 2.25. The Morgan fingerprint density at radius 1 is 0.316 bits per heavy atom. The third-order valence-electron chi connectivity index (χ3n) is 19.4. The lowest BCUT2D eigenvalue weighted by Gasteiger charge is -2.25. The van der Waals surface area contributed by atoms with Gasteiger partial charge in [-0.25, -0.2) is 4.79 Å². The topological polar surface area (TPSA) is 108 Å². The van der Waals surface area contributed by atoms with Crippen LogP contribution < -0.4 is 0 Å². The van der Waals surface area contributed by atoms with Crippen LogP contribution in [0.1, 0.15) is 438 Å². The molecular formula is C86H164NO8+. The molecule has 0 radical (unpaired) electrons. The maximum absolute atomic E-state index is 13.0. The van der Waals surface area contributed by atoms with E-state index in [0.29, 0.717) is 17.4 Å². The number of hydrogen-bond acceptors (Lipinski definition) is 7. The van der Waals surface area contributed by atoms with E-state index in [-0.39, 0.29) is 38.2 Å². The quantitative estimate of drug-likeness (QED) is 0.0211. The molecule has 0 bridgehead atoms. The second kappa shape index (κ2) is 77.3. The lowest BCUT2D eigenvalue weighted by Crippen LogP contribution is -2.40. The van der Waals surface area contributed by atoms with Crippen molar-refractivity contribution in [1.29, 1.82) is 0 Å². The minimum atomic E-state index is -1.51. The molecule has 0 saturated heterocycles. The number of aliphatic carboxylic acids is 1. The van der Waals surface area contributed by atoms with E-state index in [4.69, 9.17) is 18.9 Å². The lowest BCUT2D eigenvalue weighted by molar-refractivity contribution is -0.870. The summed E-state index contributed by atoms with van der Waals surface area (Å²) in [6.07, 6.45) is 97.6. The summed E-state index contributed by atoms with van der Waals surface area (Å²) in [6, 6.07) is 0. The van der Waals surface area contributed by atoms with Crippen LogP contribution in [0.2, 0.25) is 0 Å². The minimum Gasteiger partial charge on any atom is -0.477 e. The van der Waals surface area contributed by atoms with Gasteiger partial charge in [-0.1, -0.05) is 391 Å². The number of nitrogens with zero attached hydrogens (tertiary/aromatic N) is 1. The van der Waals surface area contributed by atoms with Crippen LogP contribution in [0.3, 0.4) is 0 Å². The molecule has 95 heavy (non-hydrogen) atoms. The highest BCUT2D eigenvalue weighted by Crippen LogP contribution is 2.20. The first kappa shape index (κ1) is 92.5. The average molecular weight is 1340 g/mol. The molecule has 0 rings (SSSR count). The molecule has 0 aromatic carbocycles. The van der Waals surface area contributed by atoms with Gasteiger partial charge in [0.25, 0.3) is 6.29 Å².